The molecule has 106 valence electrons. The van der Waals surface area contributed by atoms with Gasteiger partial charge in [-0.2, -0.15) is 12.7 Å². The molecule has 4 N–H and O–H groups in total. The van der Waals surface area contributed by atoms with E-state index >= 15 is 0 Å². The Morgan fingerprint density at radius 3 is 2.44 bits per heavy atom. The molecular formula is C9H20N4O4S. The van der Waals surface area contributed by atoms with Crippen LogP contribution in [-0.2, 0) is 15.0 Å². The number of carbonyl (C=O) groups is 1. The van der Waals surface area contributed by atoms with Crippen LogP contribution < -0.4 is 10.5 Å². The number of likely N-dealkylation sites (N-methyl/N-ethyl adjacent to an activating group) is 1. The summed E-state index contributed by atoms with van der Waals surface area (Å²) in [5.74, 6) is -1.13. The van der Waals surface area contributed by atoms with Crippen LogP contribution in [0.5, 0.6) is 0 Å². The summed E-state index contributed by atoms with van der Waals surface area (Å²) < 4.78 is 27.4. The third-order valence-corrected chi connectivity index (χ3v) is 4.47. The fourth-order valence-corrected chi connectivity index (χ4v) is 2.79. The van der Waals surface area contributed by atoms with Crippen LogP contribution in [-0.4, -0.2) is 74.5 Å². The molecule has 1 aliphatic heterocycles. The first-order valence-electron chi connectivity index (χ1n) is 5.74. The van der Waals surface area contributed by atoms with Crippen molar-refractivity contribution in [3.05, 3.63) is 0 Å². The third-order valence-electron chi connectivity index (χ3n) is 2.86. The topological polar surface area (TPSA) is 116 Å². The molecule has 0 aliphatic carbocycles. The van der Waals surface area contributed by atoms with E-state index in [0.29, 0.717) is 26.2 Å². The third kappa shape index (κ3) is 4.50. The van der Waals surface area contributed by atoms with E-state index < -0.39 is 22.2 Å². The fourth-order valence-electron chi connectivity index (χ4n) is 1.59. The largest absolute Gasteiger partial charge is 0.480 e. The lowest BCUT2D eigenvalue weighted by atomic mass is 10.2. The molecule has 0 bridgehead atoms. The highest BCUT2D eigenvalue weighted by molar-refractivity contribution is 7.87. The number of aliphatic carboxylic acids is 1. The molecule has 0 saturated carbocycles. The molecule has 1 fully saturated rings. The van der Waals surface area contributed by atoms with E-state index in [1.54, 1.807) is 0 Å². The van der Waals surface area contributed by atoms with Crippen LogP contribution in [0.3, 0.4) is 0 Å². The van der Waals surface area contributed by atoms with Crippen LogP contribution in [0.1, 0.15) is 6.42 Å². The van der Waals surface area contributed by atoms with E-state index in [1.807, 2.05) is 11.9 Å². The van der Waals surface area contributed by atoms with Gasteiger partial charge in [0.25, 0.3) is 10.2 Å². The van der Waals surface area contributed by atoms with Gasteiger partial charge in [0.1, 0.15) is 6.04 Å². The molecule has 18 heavy (non-hydrogen) atoms. The van der Waals surface area contributed by atoms with Crippen LogP contribution in [0, 0.1) is 0 Å². The van der Waals surface area contributed by atoms with E-state index in [4.69, 9.17) is 10.8 Å². The zero-order chi connectivity index (χ0) is 13.8. The summed E-state index contributed by atoms with van der Waals surface area (Å²) in [6, 6.07) is -1.04. The SMILES string of the molecule is CN1CCN(S(=O)(=O)NCC[C@H](N)C(=O)O)CC1. The highest BCUT2D eigenvalue weighted by atomic mass is 32.2. The first-order valence-corrected chi connectivity index (χ1v) is 7.18. The van der Waals surface area contributed by atoms with Crippen molar-refractivity contribution < 1.29 is 18.3 Å². The van der Waals surface area contributed by atoms with Gasteiger partial charge >= 0.3 is 5.97 Å². The van der Waals surface area contributed by atoms with Gasteiger partial charge in [-0.1, -0.05) is 0 Å². The number of carboxylic acids is 1. The lowest BCUT2D eigenvalue weighted by molar-refractivity contribution is -0.138. The molecule has 0 spiro atoms. The van der Waals surface area contributed by atoms with E-state index in [0.717, 1.165) is 0 Å². The molecule has 0 aromatic heterocycles. The Morgan fingerprint density at radius 1 is 1.39 bits per heavy atom. The average Bonchev–Trinajstić information content (AvgIpc) is 2.29. The number of nitrogens with two attached hydrogens (primary N) is 1. The standard InChI is InChI=1S/C9H20N4O4S/c1-12-4-6-13(7-5-12)18(16,17)11-3-2-8(10)9(14)15/h8,11H,2-7,10H2,1H3,(H,14,15)/t8-/m0/s1. The second kappa shape index (κ2) is 6.43. The van der Waals surface area contributed by atoms with Crippen molar-refractivity contribution >= 4 is 16.2 Å². The second-order valence-corrected chi connectivity index (χ2v) is 6.09. The summed E-state index contributed by atoms with van der Waals surface area (Å²) in [5, 5.41) is 8.57. The highest BCUT2D eigenvalue weighted by Crippen LogP contribution is 2.04. The maximum absolute atomic E-state index is 11.9. The van der Waals surface area contributed by atoms with Crippen LogP contribution in [0.2, 0.25) is 0 Å². The Balaban J connectivity index is 2.38. The van der Waals surface area contributed by atoms with Crippen molar-refractivity contribution in [1.82, 2.24) is 13.9 Å². The zero-order valence-corrected chi connectivity index (χ0v) is 11.2. The van der Waals surface area contributed by atoms with Gasteiger partial charge in [0.15, 0.2) is 0 Å². The van der Waals surface area contributed by atoms with Crippen LogP contribution in [0.15, 0.2) is 0 Å². The quantitative estimate of drug-likeness (QED) is 0.512. The zero-order valence-electron chi connectivity index (χ0n) is 10.4. The molecule has 9 heteroatoms. The van der Waals surface area contributed by atoms with Gasteiger partial charge in [-0.3, -0.25) is 4.79 Å². The lowest BCUT2D eigenvalue weighted by Gasteiger charge is -2.31. The summed E-state index contributed by atoms with van der Waals surface area (Å²) in [7, 11) is -1.59. The number of piperazine rings is 1. The molecule has 1 rings (SSSR count). The molecule has 0 unspecified atom stereocenters. The highest BCUT2D eigenvalue weighted by Gasteiger charge is 2.25. The maximum atomic E-state index is 11.9. The van der Waals surface area contributed by atoms with Gasteiger partial charge in [-0.25, -0.2) is 4.72 Å². The van der Waals surface area contributed by atoms with Gasteiger partial charge in [0, 0.05) is 32.7 Å². The molecule has 8 nitrogen and oxygen atoms in total. The van der Waals surface area contributed by atoms with E-state index in [1.165, 1.54) is 4.31 Å². The Morgan fingerprint density at radius 2 is 1.94 bits per heavy atom. The van der Waals surface area contributed by atoms with E-state index in [9.17, 15) is 13.2 Å². The molecule has 0 aromatic rings. The average molecular weight is 280 g/mol. The van der Waals surface area contributed by atoms with Crippen molar-refractivity contribution in [2.24, 2.45) is 5.73 Å². The fraction of sp³-hybridized carbons (Fsp3) is 0.889. The Hall–Kier alpha value is -0.740. The van der Waals surface area contributed by atoms with E-state index in [2.05, 4.69) is 4.72 Å². The Labute approximate surface area is 107 Å². The van der Waals surface area contributed by atoms with Crippen molar-refractivity contribution in [2.75, 3.05) is 39.8 Å². The minimum Gasteiger partial charge on any atom is -0.480 e. The number of nitrogens with zero attached hydrogens (tertiary/aromatic N) is 2. The van der Waals surface area contributed by atoms with Gasteiger partial charge in [0.05, 0.1) is 0 Å². The number of nitrogens with one attached hydrogen (secondary N) is 1. The van der Waals surface area contributed by atoms with Crippen molar-refractivity contribution in [1.29, 1.82) is 0 Å². The second-order valence-electron chi connectivity index (χ2n) is 4.34. The molecule has 0 radical (unpaired) electrons. The number of hydrogen-bond donors (Lipinski definition) is 3. The van der Waals surface area contributed by atoms with Crippen LogP contribution in [0.4, 0.5) is 0 Å². The summed E-state index contributed by atoms with van der Waals surface area (Å²) in [4.78, 5) is 12.5. The first kappa shape index (κ1) is 15.3. The Bertz CT molecular complexity index is 378. The monoisotopic (exact) mass is 280 g/mol. The van der Waals surface area contributed by atoms with Crippen molar-refractivity contribution in [3.8, 4) is 0 Å². The van der Waals surface area contributed by atoms with Crippen LogP contribution in [0.25, 0.3) is 0 Å². The van der Waals surface area contributed by atoms with Gasteiger partial charge in [-0.15, -0.1) is 0 Å². The van der Waals surface area contributed by atoms with Crippen LogP contribution >= 0.6 is 0 Å². The van der Waals surface area contributed by atoms with E-state index in [-0.39, 0.29) is 13.0 Å². The lowest BCUT2D eigenvalue weighted by Crippen LogP contribution is -2.51. The summed E-state index contributed by atoms with van der Waals surface area (Å²) in [6.45, 7) is 2.29. The Kier molecular flexibility index (Phi) is 5.47. The van der Waals surface area contributed by atoms with Gasteiger partial charge in [0.2, 0.25) is 0 Å². The van der Waals surface area contributed by atoms with Gasteiger partial charge in [-0.05, 0) is 13.5 Å². The minimum atomic E-state index is -3.52. The molecule has 0 aromatic carbocycles. The predicted octanol–water partition coefficient (Wildman–Crippen LogP) is -2.13. The summed E-state index contributed by atoms with van der Waals surface area (Å²) in [5.41, 5.74) is 5.29. The molecular weight excluding hydrogens is 260 g/mol. The molecule has 0 amide bonds. The van der Waals surface area contributed by atoms with Gasteiger partial charge < -0.3 is 15.7 Å². The predicted molar refractivity (Wildman–Crippen MR) is 66.2 cm³/mol. The first-order chi connectivity index (χ1) is 8.33. The minimum absolute atomic E-state index is 0.0299. The number of carboxylic acid groups (broad SMARTS) is 1. The molecule has 1 heterocycles. The summed E-state index contributed by atoms with van der Waals surface area (Å²) in [6.07, 6.45) is 0.0717. The van der Waals surface area contributed by atoms with Crippen molar-refractivity contribution in [3.63, 3.8) is 0 Å². The smallest absolute Gasteiger partial charge is 0.320 e. The maximum Gasteiger partial charge on any atom is 0.320 e. The summed E-state index contributed by atoms with van der Waals surface area (Å²) >= 11 is 0. The molecule has 1 atom stereocenters. The molecule has 1 saturated heterocycles. The number of rotatable bonds is 6. The normalized spacial score (nSPS) is 20.8. The van der Waals surface area contributed by atoms with Crippen molar-refractivity contribution in [2.45, 2.75) is 12.5 Å². The number of hydrogen-bond acceptors (Lipinski definition) is 5. The molecule has 1 aliphatic rings.